The quantitative estimate of drug-likeness (QED) is 0.320. The van der Waals surface area contributed by atoms with Gasteiger partial charge in [-0.1, -0.05) is 31.9 Å². The van der Waals surface area contributed by atoms with Gasteiger partial charge in [0.05, 0.1) is 12.8 Å². The van der Waals surface area contributed by atoms with Gasteiger partial charge in [0.25, 0.3) is 5.91 Å². The lowest BCUT2D eigenvalue weighted by atomic mass is 9.84. The maximum absolute atomic E-state index is 12.8. The number of hydroxylamine groups is 1. The first-order valence-corrected chi connectivity index (χ1v) is 10.6. The molecule has 1 aliphatic rings. The van der Waals surface area contributed by atoms with Crippen LogP contribution in [0.2, 0.25) is 5.02 Å². The maximum atomic E-state index is 12.8. The summed E-state index contributed by atoms with van der Waals surface area (Å²) in [7, 11) is 1.49. The molecular formula is C21H31ClN4O5. The van der Waals surface area contributed by atoms with Crippen LogP contribution in [-0.4, -0.2) is 54.7 Å². The normalized spacial score (nSPS) is 13.7. The van der Waals surface area contributed by atoms with Crippen LogP contribution in [0.1, 0.15) is 39.5 Å². The van der Waals surface area contributed by atoms with Crippen molar-refractivity contribution in [1.29, 1.82) is 0 Å². The lowest BCUT2D eigenvalue weighted by Crippen LogP contribution is -2.46. The van der Waals surface area contributed by atoms with E-state index in [-0.39, 0.29) is 25.4 Å². The van der Waals surface area contributed by atoms with Gasteiger partial charge >= 0.3 is 6.03 Å². The highest BCUT2D eigenvalue weighted by Crippen LogP contribution is 2.29. The Hall–Kier alpha value is -2.52. The highest BCUT2D eigenvalue weighted by molar-refractivity contribution is 6.31. The molecule has 0 unspecified atom stereocenters. The van der Waals surface area contributed by atoms with Crippen molar-refractivity contribution in [2.75, 3.05) is 32.1 Å². The number of nitrogens with one attached hydrogen (secondary N) is 3. The number of halogens is 1. The molecule has 0 spiro atoms. The number of ether oxygens (including phenoxy) is 1. The molecule has 172 valence electrons. The Bertz CT molecular complexity index is 798. The number of hydrogen-bond donors (Lipinski definition) is 4. The molecule has 1 saturated carbocycles. The SMILES string of the molecule is COc1ccc(Cl)cc1NC(=O)NCC(C)(C)CC(=O)N(CC(=O)NO)CC1CCC1. The first-order valence-electron chi connectivity index (χ1n) is 10.2. The van der Waals surface area contributed by atoms with E-state index in [0.29, 0.717) is 28.9 Å². The van der Waals surface area contributed by atoms with Crippen LogP contribution in [0.15, 0.2) is 18.2 Å². The molecule has 2 rings (SSSR count). The molecule has 1 aliphatic carbocycles. The highest BCUT2D eigenvalue weighted by Gasteiger charge is 2.30. The van der Waals surface area contributed by atoms with Crippen molar-refractivity contribution in [2.24, 2.45) is 11.3 Å². The fourth-order valence-electron chi connectivity index (χ4n) is 3.30. The summed E-state index contributed by atoms with van der Waals surface area (Å²) in [4.78, 5) is 38.3. The second-order valence-electron chi connectivity index (χ2n) is 8.60. The number of nitrogens with zero attached hydrogens (tertiary/aromatic N) is 1. The molecule has 0 aromatic heterocycles. The minimum absolute atomic E-state index is 0.138. The van der Waals surface area contributed by atoms with E-state index in [1.54, 1.807) is 23.7 Å². The summed E-state index contributed by atoms with van der Waals surface area (Å²) in [5.74, 6) is 0.0376. The van der Waals surface area contributed by atoms with Crippen molar-refractivity contribution in [1.82, 2.24) is 15.7 Å². The zero-order valence-electron chi connectivity index (χ0n) is 18.2. The van der Waals surface area contributed by atoms with Gasteiger partial charge in [0.1, 0.15) is 12.3 Å². The molecule has 0 atom stereocenters. The maximum Gasteiger partial charge on any atom is 0.319 e. The van der Waals surface area contributed by atoms with Gasteiger partial charge in [-0.3, -0.25) is 14.8 Å². The number of benzene rings is 1. The lowest BCUT2D eigenvalue weighted by molar-refractivity contribution is -0.141. The Labute approximate surface area is 187 Å². The van der Waals surface area contributed by atoms with Gasteiger partial charge in [0.2, 0.25) is 5.91 Å². The molecule has 0 bridgehead atoms. The van der Waals surface area contributed by atoms with Crippen molar-refractivity contribution in [3.63, 3.8) is 0 Å². The smallest absolute Gasteiger partial charge is 0.319 e. The molecule has 31 heavy (non-hydrogen) atoms. The third-order valence-electron chi connectivity index (χ3n) is 5.28. The number of amides is 4. The van der Waals surface area contributed by atoms with Crippen LogP contribution in [0.25, 0.3) is 0 Å². The summed E-state index contributed by atoms with van der Waals surface area (Å²) >= 11 is 5.98. The molecule has 10 heteroatoms. The van der Waals surface area contributed by atoms with Crippen LogP contribution in [-0.2, 0) is 9.59 Å². The predicted molar refractivity (Wildman–Crippen MR) is 117 cm³/mol. The van der Waals surface area contributed by atoms with Crippen LogP contribution >= 0.6 is 11.6 Å². The van der Waals surface area contributed by atoms with E-state index in [4.69, 9.17) is 21.5 Å². The van der Waals surface area contributed by atoms with Crippen molar-refractivity contribution in [3.05, 3.63) is 23.2 Å². The number of rotatable bonds is 10. The van der Waals surface area contributed by atoms with Gasteiger partial charge in [-0.2, -0.15) is 0 Å². The summed E-state index contributed by atoms with van der Waals surface area (Å²) < 4.78 is 5.21. The number of carbonyl (C=O) groups excluding carboxylic acids is 3. The minimum atomic E-state index is -0.626. The molecule has 9 nitrogen and oxygen atoms in total. The number of methoxy groups -OCH3 is 1. The van der Waals surface area contributed by atoms with E-state index >= 15 is 0 Å². The van der Waals surface area contributed by atoms with Gasteiger partial charge in [-0.05, 0) is 42.4 Å². The summed E-state index contributed by atoms with van der Waals surface area (Å²) in [6.07, 6.45) is 3.32. The van der Waals surface area contributed by atoms with Gasteiger partial charge < -0.3 is 20.3 Å². The predicted octanol–water partition coefficient (Wildman–Crippen LogP) is 3.02. The highest BCUT2D eigenvalue weighted by atomic mass is 35.5. The Morgan fingerprint density at radius 3 is 2.58 bits per heavy atom. The van der Waals surface area contributed by atoms with Crippen molar-refractivity contribution < 1.29 is 24.3 Å². The number of hydrogen-bond acceptors (Lipinski definition) is 5. The van der Waals surface area contributed by atoms with Crippen molar-refractivity contribution in [3.8, 4) is 5.75 Å². The summed E-state index contributed by atoms with van der Waals surface area (Å²) in [6.45, 7) is 4.25. The monoisotopic (exact) mass is 454 g/mol. The molecule has 0 heterocycles. The van der Waals surface area contributed by atoms with Gasteiger partial charge in [0, 0.05) is 24.5 Å². The fraction of sp³-hybridized carbons (Fsp3) is 0.571. The Kier molecular flexibility index (Phi) is 8.94. The van der Waals surface area contributed by atoms with Crippen LogP contribution in [0.4, 0.5) is 10.5 Å². The van der Waals surface area contributed by atoms with Crippen LogP contribution in [0.5, 0.6) is 5.75 Å². The van der Waals surface area contributed by atoms with E-state index in [0.717, 1.165) is 19.3 Å². The minimum Gasteiger partial charge on any atom is -0.495 e. The molecule has 1 fully saturated rings. The lowest BCUT2D eigenvalue weighted by Gasteiger charge is -2.34. The Balaban J connectivity index is 1.91. The van der Waals surface area contributed by atoms with E-state index < -0.39 is 17.4 Å². The standard InChI is InChI=1S/C21H31ClN4O5/c1-21(2,10-19(28)26(12-18(27)25-30)11-14-5-4-6-14)13-23-20(29)24-16-9-15(22)7-8-17(16)31-3/h7-9,14,30H,4-6,10-13H2,1-3H3,(H,25,27)(H2,23,24,29). The number of anilines is 1. The zero-order valence-corrected chi connectivity index (χ0v) is 18.9. The summed E-state index contributed by atoms with van der Waals surface area (Å²) in [6, 6.07) is 4.44. The first-order chi connectivity index (χ1) is 14.6. The summed E-state index contributed by atoms with van der Waals surface area (Å²) in [5, 5.41) is 14.7. The molecule has 1 aromatic carbocycles. The van der Waals surface area contributed by atoms with Crippen LogP contribution < -0.4 is 20.9 Å². The van der Waals surface area contributed by atoms with Crippen LogP contribution in [0.3, 0.4) is 0 Å². The fourth-order valence-corrected chi connectivity index (χ4v) is 3.47. The molecule has 0 saturated heterocycles. The molecule has 0 radical (unpaired) electrons. The molecular weight excluding hydrogens is 424 g/mol. The van der Waals surface area contributed by atoms with Gasteiger partial charge in [0.15, 0.2) is 0 Å². The largest absolute Gasteiger partial charge is 0.495 e. The topological polar surface area (TPSA) is 120 Å². The van der Waals surface area contributed by atoms with Crippen molar-refractivity contribution >= 4 is 35.1 Å². The number of urea groups is 1. The zero-order chi connectivity index (χ0) is 23.0. The number of carbonyl (C=O) groups is 3. The van der Waals surface area contributed by atoms with Crippen molar-refractivity contribution in [2.45, 2.75) is 39.5 Å². The average Bonchev–Trinajstić information content (AvgIpc) is 2.67. The summed E-state index contributed by atoms with van der Waals surface area (Å²) in [5.41, 5.74) is 1.46. The molecule has 1 aromatic rings. The third kappa shape index (κ3) is 7.91. The van der Waals surface area contributed by atoms with E-state index in [1.165, 1.54) is 12.0 Å². The van der Waals surface area contributed by atoms with E-state index in [9.17, 15) is 14.4 Å². The van der Waals surface area contributed by atoms with Gasteiger partial charge in [-0.25, -0.2) is 10.3 Å². The molecule has 0 aliphatic heterocycles. The Morgan fingerprint density at radius 2 is 2.00 bits per heavy atom. The first kappa shape index (κ1) is 24.7. The molecule has 4 amide bonds. The third-order valence-corrected chi connectivity index (χ3v) is 5.52. The van der Waals surface area contributed by atoms with Crippen LogP contribution in [0, 0.1) is 11.3 Å². The second-order valence-corrected chi connectivity index (χ2v) is 9.04. The van der Waals surface area contributed by atoms with E-state index in [2.05, 4.69) is 10.6 Å². The van der Waals surface area contributed by atoms with Gasteiger partial charge in [-0.15, -0.1) is 0 Å². The second kappa shape index (κ2) is 11.2. The Morgan fingerprint density at radius 1 is 1.29 bits per heavy atom. The molecule has 4 N–H and O–H groups in total. The average molecular weight is 455 g/mol. The van der Waals surface area contributed by atoms with E-state index in [1.807, 2.05) is 13.8 Å².